The SMILES string of the molecule is CN1Cc2ccccc2N(CCOCCCl)C1=O. The van der Waals surface area contributed by atoms with Gasteiger partial charge in [-0.2, -0.15) is 0 Å². The van der Waals surface area contributed by atoms with Gasteiger partial charge in [0.2, 0.25) is 0 Å². The monoisotopic (exact) mass is 268 g/mol. The standard InChI is InChI=1S/C13H17ClN2O2/c1-15-10-11-4-2-3-5-12(11)16(13(15)17)7-9-18-8-6-14/h2-5H,6-10H2,1H3. The smallest absolute Gasteiger partial charge is 0.324 e. The molecular weight excluding hydrogens is 252 g/mol. The number of ether oxygens (including phenoxy) is 1. The number of fused-ring (bicyclic) bond motifs is 1. The lowest BCUT2D eigenvalue weighted by Crippen LogP contribution is -2.46. The van der Waals surface area contributed by atoms with E-state index in [-0.39, 0.29) is 6.03 Å². The number of carbonyl (C=O) groups is 1. The summed E-state index contributed by atoms with van der Waals surface area (Å²) >= 11 is 5.54. The van der Waals surface area contributed by atoms with Gasteiger partial charge in [0.15, 0.2) is 0 Å². The number of rotatable bonds is 5. The molecule has 0 aliphatic carbocycles. The third kappa shape index (κ3) is 2.76. The molecule has 0 aromatic heterocycles. The molecule has 1 aliphatic rings. The van der Waals surface area contributed by atoms with E-state index in [1.165, 1.54) is 0 Å². The Labute approximate surface area is 112 Å². The number of urea groups is 1. The average molecular weight is 269 g/mol. The molecular formula is C13H17ClN2O2. The second-order valence-electron chi connectivity index (χ2n) is 4.22. The van der Waals surface area contributed by atoms with Gasteiger partial charge in [-0.25, -0.2) is 4.79 Å². The fourth-order valence-electron chi connectivity index (χ4n) is 2.07. The van der Waals surface area contributed by atoms with Crippen LogP contribution >= 0.6 is 11.6 Å². The molecule has 2 rings (SSSR count). The van der Waals surface area contributed by atoms with Crippen LogP contribution in [0.3, 0.4) is 0 Å². The second kappa shape index (κ2) is 6.07. The Balaban J connectivity index is 2.09. The van der Waals surface area contributed by atoms with Crippen molar-refractivity contribution in [1.29, 1.82) is 0 Å². The van der Waals surface area contributed by atoms with Crippen molar-refractivity contribution < 1.29 is 9.53 Å². The number of para-hydroxylation sites is 1. The van der Waals surface area contributed by atoms with E-state index >= 15 is 0 Å². The van der Waals surface area contributed by atoms with Crippen LogP contribution in [0.2, 0.25) is 0 Å². The molecule has 0 saturated heterocycles. The van der Waals surface area contributed by atoms with Crippen LogP contribution in [0.5, 0.6) is 0 Å². The molecule has 0 N–H and O–H groups in total. The lowest BCUT2D eigenvalue weighted by atomic mass is 10.1. The molecule has 18 heavy (non-hydrogen) atoms. The van der Waals surface area contributed by atoms with Gasteiger partial charge < -0.3 is 9.64 Å². The normalized spacial score (nSPS) is 14.9. The van der Waals surface area contributed by atoms with Crippen molar-refractivity contribution >= 4 is 23.3 Å². The first-order chi connectivity index (χ1) is 8.74. The zero-order valence-electron chi connectivity index (χ0n) is 10.4. The van der Waals surface area contributed by atoms with Gasteiger partial charge in [0.05, 0.1) is 25.4 Å². The molecule has 1 aromatic rings. The van der Waals surface area contributed by atoms with Crippen LogP contribution in [0.4, 0.5) is 10.5 Å². The van der Waals surface area contributed by atoms with Crippen molar-refractivity contribution in [2.45, 2.75) is 6.54 Å². The maximum atomic E-state index is 12.1. The predicted octanol–water partition coefficient (Wildman–Crippen LogP) is 2.31. The van der Waals surface area contributed by atoms with Crippen LogP contribution in [0.1, 0.15) is 5.56 Å². The second-order valence-corrected chi connectivity index (χ2v) is 4.60. The Hall–Kier alpha value is -1.26. The number of benzene rings is 1. The molecule has 0 unspecified atom stereocenters. The molecule has 0 radical (unpaired) electrons. The number of amides is 2. The predicted molar refractivity (Wildman–Crippen MR) is 72.2 cm³/mol. The lowest BCUT2D eigenvalue weighted by Gasteiger charge is -2.35. The first-order valence-electron chi connectivity index (χ1n) is 5.98. The minimum absolute atomic E-state index is 0.0168. The first kappa shape index (κ1) is 13.2. The summed E-state index contributed by atoms with van der Waals surface area (Å²) in [6.07, 6.45) is 0. The van der Waals surface area contributed by atoms with Crippen molar-refractivity contribution in [1.82, 2.24) is 4.90 Å². The largest absolute Gasteiger partial charge is 0.378 e. The molecule has 2 amide bonds. The van der Waals surface area contributed by atoms with Gasteiger partial charge in [-0.1, -0.05) is 18.2 Å². The van der Waals surface area contributed by atoms with E-state index in [4.69, 9.17) is 16.3 Å². The van der Waals surface area contributed by atoms with Gasteiger partial charge in [-0.3, -0.25) is 4.90 Å². The number of hydrogen-bond acceptors (Lipinski definition) is 2. The van der Waals surface area contributed by atoms with E-state index in [1.807, 2.05) is 31.3 Å². The Bertz CT molecular complexity index is 425. The fraction of sp³-hybridized carbons (Fsp3) is 0.462. The average Bonchev–Trinajstić information content (AvgIpc) is 2.38. The highest BCUT2D eigenvalue weighted by atomic mass is 35.5. The summed E-state index contributed by atoms with van der Waals surface area (Å²) in [6, 6.07) is 7.98. The van der Waals surface area contributed by atoms with Gasteiger partial charge in [0.25, 0.3) is 0 Å². The Morgan fingerprint density at radius 3 is 2.89 bits per heavy atom. The number of nitrogens with zero attached hydrogens (tertiary/aromatic N) is 2. The molecule has 0 atom stereocenters. The Kier molecular flexibility index (Phi) is 4.44. The van der Waals surface area contributed by atoms with Crippen LogP contribution in [0.25, 0.3) is 0 Å². The minimum atomic E-state index is 0.0168. The molecule has 0 spiro atoms. The van der Waals surface area contributed by atoms with Crippen molar-refractivity contribution in [2.24, 2.45) is 0 Å². The maximum absolute atomic E-state index is 12.1. The van der Waals surface area contributed by atoms with E-state index < -0.39 is 0 Å². The molecule has 1 aromatic carbocycles. The van der Waals surface area contributed by atoms with Crippen molar-refractivity contribution in [3.8, 4) is 0 Å². The molecule has 0 bridgehead atoms. The summed E-state index contributed by atoms with van der Waals surface area (Å²) in [6.45, 7) is 2.23. The minimum Gasteiger partial charge on any atom is -0.378 e. The highest BCUT2D eigenvalue weighted by molar-refractivity contribution is 6.17. The number of hydrogen-bond donors (Lipinski definition) is 0. The fourth-order valence-corrected chi connectivity index (χ4v) is 2.18. The first-order valence-corrected chi connectivity index (χ1v) is 6.51. The Morgan fingerprint density at radius 1 is 1.33 bits per heavy atom. The number of halogens is 1. The van der Waals surface area contributed by atoms with E-state index in [2.05, 4.69) is 0 Å². The van der Waals surface area contributed by atoms with E-state index in [0.717, 1.165) is 11.3 Å². The third-order valence-corrected chi connectivity index (χ3v) is 3.08. The molecule has 0 saturated carbocycles. The molecule has 5 heteroatoms. The zero-order chi connectivity index (χ0) is 13.0. The summed E-state index contributed by atoms with van der Waals surface area (Å²) in [5.41, 5.74) is 2.15. The van der Waals surface area contributed by atoms with E-state index in [9.17, 15) is 4.79 Å². The highest BCUT2D eigenvalue weighted by Gasteiger charge is 2.27. The maximum Gasteiger partial charge on any atom is 0.324 e. The van der Waals surface area contributed by atoms with E-state index in [1.54, 1.807) is 9.80 Å². The van der Waals surface area contributed by atoms with Crippen LogP contribution in [0, 0.1) is 0 Å². The van der Waals surface area contributed by atoms with Crippen LogP contribution in [-0.4, -0.2) is 43.6 Å². The third-order valence-electron chi connectivity index (χ3n) is 2.93. The molecule has 1 aliphatic heterocycles. The van der Waals surface area contributed by atoms with Crippen LogP contribution < -0.4 is 4.90 Å². The number of carbonyl (C=O) groups excluding carboxylic acids is 1. The quantitative estimate of drug-likeness (QED) is 0.606. The molecule has 0 fully saturated rings. The van der Waals surface area contributed by atoms with Gasteiger partial charge in [-0.05, 0) is 11.6 Å². The van der Waals surface area contributed by atoms with Gasteiger partial charge in [-0.15, -0.1) is 11.6 Å². The topological polar surface area (TPSA) is 32.8 Å². The van der Waals surface area contributed by atoms with Crippen molar-refractivity contribution in [3.63, 3.8) is 0 Å². The van der Waals surface area contributed by atoms with Gasteiger partial charge in [0, 0.05) is 19.5 Å². The molecule has 1 heterocycles. The summed E-state index contributed by atoms with van der Waals surface area (Å²) in [4.78, 5) is 15.6. The number of anilines is 1. The van der Waals surface area contributed by atoms with Gasteiger partial charge >= 0.3 is 6.03 Å². The Morgan fingerprint density at radius 2 is 2.11 bits per heavy atom. The van der Waals surface area contributed by atoms with Crippen LogP contribution in [-0.2, 0) is 11.3 Å². The summed E-state index contributed by atoms with van der Waals surface area (Å²) in [7, 11) is 1.81. The molecule has 4 nitrogen and oxygen atoms in total. The van der Waals surface area contributed by atoms with Crippen molar-refractivity contribution in [2.75, 3.05) is 37.6 Å². The summed E-state index contributed by atoms with van der Waals surface area (Å²) in [5, 5.41) is 0. The van der Waals surface area contributed by atoms with Gasteiger partial charge in [0.1, 0.15) is 0 Å². The zero-order valence-corrected chi connectivity index (χ0v) is 11.2. The number of alkyl halides is 1. The van der Waals surface area contributed by atoms with Crippen molar-refractivity contribution in [3.05, 3.63) is 29.8 Å². The summed E-state index contributed by atoms with van der Waals surface area (Å²) in [5.74, 6) is 0.477. The van der Waals surface area contributed by atoms with E-state index in [0.29, 0.717) is 32.2 Å². The summed E-state index contributed by atoms with van der Waals surface area (Å²) < 4.78 is 5.34. The molecule has 98 valence electrons. The van der Waals surface area contributed by atoms with Crippen LogP contribution in [0.15, 0.2) is 24.3 Å². The highest BCUT2D eigenvalue weighted by Crippen LogP contribution is 2.27. The lowest BCUT2D eigenvalue weighted by molar-refractivity contribution is 0.152.